The van der Waals surface area contributed by atoms with Crippen LogP contribution >= 0.6 is 11.3 Å². The Labute approximate surface area is 125 Å². The Morgan fingerprint density at radius 3 is 2.67 bits per heavy atom. The molecule has 2 aromatic rings. The third kappa shape index (κ3) is 4.43. The second kappa shape index (κ2) is 6.77. The van der Waals surface area contributed by atoms with Crippen molar-refractivity contribution in [3.05, 3.63) is 34.7 Å². The van der Waals surface area contributed by atoms with Gasteiger partial charge in [-0.25, -0.2) is 0 Å². The van der Waals surface area contributed by atoms with Crippen molar-refractivity contribution in [3.63, 3.8) is 0 Å². The van der Waals surface area contributed by atoms with Gasteiger partial charge in [-0.3, -0.25) is 0 Å². The molecule has 1 unspecified atom stereocenters. The van der Waals surface area contributed by atoms with Gasteiger partial charge in [0.25, 0.3) is 0 Å². The number of halogens is 3. The fourth-order valence-electron chi connectivity index (χ4n) is 2.23. The Hall–Kier alpha value is -1.11. The lowest BCUT2D eigenvalue weighted by Crippen LogP contribution is -2.25. The zero-order chi connectivity index (χ0) is 15.5. The highest BCUT2D eigenvalue weighted by atomic mass is 32.1. The van der Waals surface area contributed by atoms with Crippen LogP contribution in [-0.4, -0.2) is 25.9 Å². The van der Waals surface area contributed by atoms with Gasteiger partial charge in [0.2, 0.25) is 0 Å². The standard InChI is InChI=1S/C15H18F3NOS/c1-10-12-5-3-4-6-13(12)21-14(10)11(2)19-7-8-20-9-15(16,17)18/h3-6,11,19H,7-9H2,1-2H3. The number of aryl methyl sites for hydroxylation is 1. The molecule has 1 heterocycles. The van der Waals surface area contributed by atoms with Crippen LogP contribution in [0.1, 0.15) is 23.4 Å². The van der Waals surface area contributed by atoms with Crippen molar-refractivity contribution in [2.45, 2.75) is 26.1 Å². The minimum absolute atomic E-state index is 0.0494. The first-order valence-electron chi connectivity index (χ1n) is 6.74. The maximum absolute atomic E-state index is 11.9. The summed E-state index contributed by atoms with van der Waals surface area (Å²) in [4.78, 5) is 1.21. The fourth-order valence-corrected chi connectivity index (χ4v) is 3.47. The molecule has 1 atom stereocenters. The topological polar surface area (TPSA) is 21.3 Å². The third-order valence-corrected chi connectivity index (χ3v) is 4.69. The largest absolute Gasteiger partial charge is 0.411 e. The van der Waals surface area contributed by atoms with Gasteiger partial charge in [0.1, 0.15) is 6.61 Å². The molecule has 116 valence electrons. The molecule has 21 heavy (non-hydrogen) atoms. The van der Waals surface area contributed by atoms with Crippen molar-refractivity contribution in [1.29, 1.82) is 0 Å². The molecule has 0 aliphatic rings. The van der Waals surface area contributed by atoms with Crippen LogP contribution in [0.4, 0.5) is 13.2 Å². The van der Waals surface area contributed by atoms with E-state index >= 15 is 0 Å². The Morgan fingerprint density at radius 1 is 1.29 bits per heavy atom. The van der Waals surface area contributed by atoms with Gasteiger partial charge >= 0.3 is 6.18 Å². The van der Waals surface area contributed by atoms with E-state index in [4.69, 9.17) is 0 Å². The van der Waals surface area contributed by atoms with Crippen molar-refractivity contribution in [2.24, 2.45) is 0 Å². The molecule has 2 nitrogen and oxygen atoms in total. The van der Waals surface area contributed by atoms with Crippen molar-refractivity contribution in [1.82, 2.24) is 5.32 Å². The van der Waals surface area contributed by atoms with Crippen molar-refractivity contribution in [3.8, 4) is 0 Å². The highest BCUT2D eigenvalue weighted by Crippen LogP contribution is 2.34. The quantitative estimate of drug-likeness (QED) is 0.795. The number of benzene rings is 1. The highest BCUT2D eigenvalue weighted by molar-refractivity contribution is 7.19. The minimum Gasteiger partial charge on any atom is -0.371 e. The number of thiophene rings is 1. The molecule has 0 bridgehead atoms. The number of fused-ring (bicyclic) bond motifs is 1. The highest BCUT2D eigenvalue weighted by Gasteiger charge is 2.27. The third-order valence-electron chi connectivity index (χ3n) is 3.24. The lowest BCUT2D eigenvalue weighted by Gasteiger charge is -2.14. The van der Waals surface area contributed by atoms with E-state index in [2.05, 4.69) is 29.1 Å². The van der Waals surface area contributed by atoms with Gasteiger partial charge in [-0.05, 0) is 30.9 Å². The zero-order valence-corrected chi connectivity index (χ0v) is 12.8. The van der Waals surface area contributed by atoms with Crippen molar-refractivity contribution >= 4 is 21.4 Å². The molecule has 0 aliphatic carbocycles. The molecule has 0 amide bonds. The molecule has 0 fully saturated rings. The normalized spacial score (nSPS) is 13.8. The van der Waals surface area contributed by atoms with Crippen molar-refractivity contribution < 1.29 is 17.9 Å². The second-order valence-electron chi connectivity index (χ2n) is 4.93. The lowest BCUT2D eigenvalue weighted by atomic mass is 10.1. The van der Waals surface area contributed by atoms with E-state index < -0.39 is 12.8 Å². The Morgan fingerprint density at radius 2 is 2.00 bits per heavy atom. The second-order valence-corrected chi connectivity index (χ2v) is 6.01. The van der Waals surface area contributed by atoms with E-state index in [9.17, 15) is 13.2 Å². The number of nitrogens with one attached hydrogen (secondary N) is 1. The predicted octanol–water partition coefficient (Wildman–Crippen LogP) is 4.44. The molecule has 0 saturated heterocycles. The summed E-state index contributed by atoms with van der Waals surface area (Å²) in [5.74, 6) is 0. The average molecular weight is 317 g/mol. The summed E-state index contributed by atoms with van der Waals surface area (Å²) in [6, 6.07) is 8.27. The van der Waals surface area contributed by atoms with Crippen LogP contribution in [0, 0.1) is 6.92 Å². The monoisotopic (exact) mass is 317 g/mol. The Kier molecular flexibility index (Phi) is 5.24. The molecule has 1 aromatic heterocycles. The summed E-state index contributed by atoms with van der Waals surface area (Å²) in [5.41, 5.74) is 1.23. The van der Waals surface area contributed by atoms with Gasteiger partial charge in [-0.1, -0.05) is 18.2 Å². The van der Waals surface area contributed by atoms with E-state index in [0.29, 0.717) is 6.54 Å². The molecule has 6 heteroatoms. The smallest absolute Gasteiger partial charge is 0.371 e. The van der Waals surface area contributed by atoms with Crippen LogP contribution in [0.3, 0.4) is 0 Å². The van der Waals surface area contributed by atoms with E-state index in [1.165, 1.54) is 20.5 Å². The van der Waals surface area contributed by atoms with E-state index in [1.54, 1.807) is 11.3 Å². The summed E-state index contributed by atoms with van der Waals surface area (Å²) < 4.78 is 41.6. The molecular weight excluding hydrogens is 299 g/mol. The summed E-state index contributed by atoms with van der Waals surface area (Å²) in [6.07, 6.45) is -4.26. The molecule has 1 aromatic carbocycles. The lowest BCUT2D eigenvalue weighted by molar-refractivity contribution is -0.173. The van der Waals surface area contributed by atoms with Gasteiger partial charge in [0.15, 0.2) is 0 Å². The Bertz CT molecular complexity index is 594. The number of hydrogen-bond donors (Lipinski definition) is 1. The van der Waals surface area contributed by atoms with Crippen molar-refractivity contribution in [2.75, 3.05) is 19.8 Å². The summed E-state index contributed by atoms with van der Waals surface area (Å²) >= 11 is 1.72. The maximum Gasteiger partial charge on any atom is 0.411 e. The molecule has 0 radical (unpaired) electrons. The van der Waals surface area contributed by atoms with Crippen LogP contribution in [0.15, 0.2) is 24.3 Å². The SMILES string of the molecule is Cc1c(C(C)NCCOCC(F)(F)F)sc2ccccc12. The first-order chi connectivity index (χ1) is 9.88. The molecule has 0 spiro atoms. The van der Waals surface area contributed by atoms with Gasteiger partial charge < -0.3 is 10.1 Å². The average Bonchev–Trinajstić information content (AvgIpc) is 2.75. The van der Waals surface area contributed by atoms with Gasteiger partial charge in [0, 0.05) is 22.2 Å². The Balaban J connectivity index is 1.88. The van der Waals surface area contributed by atoms with Gasteiger partial charge in [-0.2, -0.15) is 13.2 Å². The van der Waals surface area contributed by atoms with Crippen LogP contribution in [-0.2, 0) is 4.74 Å². The molecule has 1 N–H and O–H groups in total. The fraction of sp³-hybridized carbons (Fsp3) is 0.467. The van der Waals surface area contributed by atoms with Crippen LogP contribution in [0.25, 0.3) is 10.1 Å². The van der Waals surface area contributed by atoms with E-state index in [0.717, 1.165) is 0 Å². The molecule has 2 rings (SSSR count). The van der Waals surface area contributed by atoms with Gasteiger partial charge in [0.05, 0.1) is 6.61 Å². The van der Waals surface area contributed by atoms with Gasteiger partial charge in [-0.15, -0.1) is 11.3 Å². The minimum atomic E-state index is -4.26. The molecular formula is C15H18F3NOS. The van der Waals surface area contributed by atoms with E-state index in [-0.39, 0.29) is 12.6 Å². The number of rotatable bonds is 6. The zero-order valence-electron chi connectivity index (χ0n) is 12.0. The summed E-state index contributed by atoms with van der Waals surface area (Å²) in [6.45, 7) is 3.34. The van der Waals surface area contributed by atoms with Crippen LogP contribution in [0.5, 0.6) is 0 Å². The maximum atomic E-state index is 11.9. The molecule has 0 saturated carbocycles. The number of ether oxygens (including phenoxy) is 1. The summed E-state index contributed by atoms with van der Waals surface area (Å²) in [5, 5.41) is 4.44. The van der Waals surface area contributed by atoms with Crippen LogP contribution in [0.2, 0.25) is 0 Å². The van der Waals surface area contributed by atoms with Crippen LogP contribution < -0.4 is 5.32 Å². The number of alkyl halides is 3. The number of hydrogen-bond acceptors (Lipinski definition) is 3. The van der Waals surface area contributed by atoms with E-state index in [1.807, 2.05) is 19.1 Å². The first kappa shape index (κ1) is 16.3. The summed E-state index contributed by atoms with van der Waals surface area (Å²) in [7, 11) is 0. The first-order valence-corrected chi connectivity index (χ1v) is 7.56. The predicted molar refractivity (Wildman–Crippen MR) is 79.9 cm³/mol. The molecule has 0 aliphatic heterocycles.